The van der Waals surface area contributed by atoms with Crippen molar-refractivity contribution in [3.05, 3.63) is 35.7 Å². The largest absolute Gasteiger partial charge is 0.390 e. The van der Waals surface area contributed by atoms with Gasteiger partial charge < -0.3 is 15.2 Å². The Morgan fingerprint density at radius 1 is 0.846 bits per heavy atom. The van der Waals surface area contributed by atoms with Gasteiger partial charge in [-0.25, -0.2) is 14.0 Å². The van der Waals surface area contributed by atoms with Crippen molar-refractivity contribution in [3.8, 4) is 0 Å². The van der Waals surface area contributed by atoms with Crippen molar-refractivity contribution in [3.63, 3.8) is 0 Å². The van der Waals surface area contributed by atoms with Crippen LogP contribution in [0.3, 0.4) is 0 Å². The van der Waals surface area contributed by atoms with E-state index in [1.807, 2.05) is 13.8 Å². The molecule has 6 radical (unpaired) electrons. The highest BCUT2D eigenvalue weighted by Crippen LogP contribution is 2.21. The number of rotatable bonds is 16. The highest BCUT2D eigenvalue weighted by atomic mass is 16.5. The zero-order valence-electron chi connectivity index (χ0n) is 23.1. The smallest absolute Gasteiger partial charge is 0.223 e. The lowest BCUT2D eigenvalue weighted by Crippen LogP contribution is -2.58. The monoisotopic (exact) mass is 532 g/mol. The van der Waals surface area contributed by atoms with E-state index in [2.05, 4.69) is 36.3 Å². The van der Waals surface area contributed by atoms with Crippen LogP contribution in [0.2, 0.25) is 0 Å². The molecule has 2 N–H and O–H groups in total. The molecule has 0 unspecified atom stereocenters. The Labute approximate surface area is 232 Å². The predicted molar refractivity (Wildman–Crippen MR) is 145 cm³/mol. The maximum Gasteiger partial charge on any atom is 0.223 e. The van der Waals surface area contributed by atoms with E-state index < -0.39 is 16.7 Å². The molecule has 3 heterocycles. The summed E-state index contributed by atoms with van der Waals surface area (Å²) < 4.78 is 10.8. The average molecular weight is 532 g/mol. The molecule has 3 aromatic rings. The van der Waals surface area contributed by atoms with Crippen molar-refractivity contribution in [2.45, 2.75) is 95.9 Å². The Morgan fingerprint density at radius 3 is 1.59 bits per heavy atom. The number of aliphatic hydroxyl groups is 1. The van der Waals surface area contributed by atoms with Crippen molar-refractivity contribution >= 4 is 29.4 Å². The maximum absolute atomic E-state index is 13.6. The minimum absolute atomic E-state index is 0.0584. The molecule has 0 aromatic carbocycles. The zero-order chi connectivity index (χ0) is 28.7. The predicted octanol–water partition coefficient (Wildman–Crippen LogP) is -0.932. The number of carbonyl (C=O) groups excluding carboxylic acids is 1. The van der Waals surface area contributed by atoms with Gasteiger partial charge >= 0.3 is 0 Å². The van der Waals surface area contributed by atoms with Gasteiger partial charge in [0, 0.05) is 18.6 Å². The van der Waals surface area contributed by atoms with Crippen LogP contribution in [0, 0.1) is 0 Å². The fraction of sp³-hybridized carbons (Fsp3) is 0.696. The van der Waals surface area contributed by atoms with E-state index >= 15 is 0 Å². The summed E-state index contributed by atoms with van der Waals surface area (Å²) in [5.74, 6) is -0.263. The van der Waals surface area contributed by atoms with Gasteiger partial charge in [0.15, 0.2) is 0 Å². The highest BCUT2D eigenvalue weighted by molar-refractivity contribution is 6.08. The van der Waals surface area contributed by atoms with Crippen molar-refractivity contribution < 1.29 is 14.6 Å². The molecule has 1 amide bonds. The second-order valence-corrected chi connectivity index (χ2v) is 11.0. The van der Waals surface area contributed by atoms with Crippen molar-refractivity contribution in [2.75, 3.05) is 6.61 Å². The summed E-state index contributed by atoms with van der Waals surface area (Å²) in [6, 6.07) is 0. The van der Waals surface area contributed by atoms with E-state index in [1.165, 1.54) is 0 Å². The molecule has 0 bridgehead atoms. The first-order chi connectivity index (χ1) is 18.3. The maximum atomic E-state index is 13.6. The number of carbonyl (C=O) groups is 1. The quantitative estimate of drug-likeness (QED) is 0.223. The number of aromatic nitrogens is 9. The van der Waals surface area contributed by atoms with Crippen LogP contribution in [0.25, 0.3) is 0 Å². The molecule has 0 aliphatic carbocycles. The van der Waals surface area contributed by atoms with Crippen LogP contribution >= 0.6 is 0 Å². The molecule has 0 atom stereocenters. The number of ether oxygens (including phenoxy) is 1. The molecule has 16 heteroatoms. The van der Waals surface area contributed by atoms with Gasteiger partial charge in [0.25, 0.3) is 0 Å². The number of amides is 1. The van der Waals surface area contributed by atoms with Gasteiger partial charge in [-0.1, -0.05) is 15.6 Å². The summed E-state index contributed by atoms with van der Waals surface area (Å²) in [6.07, 6.45) is 6.34. The Morgan fingerprint density at radius 2 is 1.26 bits per heavy atom. The summed E-state index contributed by atoms with van der Waals surface area (Å²) in [5, 5.41) is 38.1. The van der Waals surface area contributed by atoms with Crippen molar-refractivity contribution in [1.29, 1.82) is 0 Å². The van der Waals surface area contributed by atoms with Gasteiger partial charge in [0.2, 0.25) is 5.91 Å². The van der Waals surface area contributed by atoms with Gasteiger partial charge in [-0.15, -0.1) is 15.3 Å². The summed E-state index contributed by atoms with van der Waals surface area (Å²) in [6.45, 7) is 8.02. The summed E-state index contributed by atoms with van der Waals surface area (Å²) in [4.78, 5) is 13.6. The van der Waals surface area contributed by atoms with Gasteiger partial charge in [0.05, 0.1) is 90.0 Å². The standard InChI is InChI=1S/C23H35B3N10O3/c1-21(2,38)5-6-39-22(3,4)7-20(37)27-23(14-34-11-17(8-24)28-31-34,15-35-12-18(9-25)29-32-35)16-36-13-19(10-26)30-33-36/h11-13,38H,5-10,14-16H2,1-4H3,(H,27,37). The molecule has 3 rings (SSSR count). The fourth-order valence-corrected chi connectivity index (χ4v) is 4.08. The lowest BCUT2D eigenvalue weighted by atomic mass is 9.96. The van der Waals surface area contributed by atoms with Crippen LogP contribution in [0.5, 0.6) is 0 Å². The van der Waals surface area contributed by atoms with Crippen LogP contribution in [0.4, 0.5) is 0 Å². The van der Waals surface area contributed by atoms with E-state index in [4.69, 9.17) is 28.3 Å². The Hall–Kier alpha value is -3.00. The third-order valence-corrected chi connectivity index (χ3v) is 5.98. The minimum atomic E-state index is -1.01. The third-order valence-electron chi connectivity index (χ3n) is 5.98. The molecule has 0 aliphatic heterocycles. The van der Waals surface area contributed by atoms with Crippen molar-refractivity contribution in [2.24, 2.45) is 0 Å². The molecule has 0 fully saturated rings. The number of hydrogen-bond donors (Lipinski definition) is 2. The molecular weight excluding hydrogens is 497 g/mol. The Bertz CT molecular complexity index is 1100. The SMILES string of the molecule is [B]Cc1cn(CC(Cn2cc(C[B])nn2)(Cn2cc(C[B])nn2)NC(=O)CC(C)(C)OCCC(C)(C)O)nn1. The lowest BCUT2D eigenvalue weighted by Gasteiger charge is -2.35. The van der Waals surface area contributed by atoms with Gasteiger partial charge in [-0.2, -0.15) is 0 Å². The van der Waals surface area contributed by atoms with Gasteiger partial charge in [0.1, 0.15) is 0 Å². The first-order valence-electron chi connectivity index (χ1n) is 12.8. The van der Waals surface area contributed by atoms with E-state index in [-0.39, 0.29) is 50.9 Å². The minimum Gasteiger partial charge on any atom is -0.390 e. The molecule has 39 heavy (non-hydrogen) atoms. The molecule has 204 valence electrons. The zero-order valence-corrected chi connectivity index (χ0v) is 23.1. The number of nitrogens with zero attached hydrogens (tertiary/aromatic N) is 9. The first kappa shape index (κ1) is 30.5. The molecule has 13 nitrogen and oxygen atoms in total. The fourth-order valence-electron chi connectivity index (χ4n) is 4.08. The second-order valence-electron chi connectivity index (χ2n) is 11.0. The van der Waals surface area contributed by atoms with E-state index in [9.17, 15) is 9.90 Å². The molecule has 0 saturated heterocycles. The second kappa shape index (κ2) is 12.9. The first-order valence-corrected chi connectivity index (χ1v) is 12.8. The Kier molecular flexibility index (Phi) is 10.1. The van der Waals surface area contributed by atoms with Gasteiger partial charge in [-0.05, 0) is 53.1 Å². The normalized spacial score (nSPS) is 12.6. The highest BCUT2D eigenvalue weighted by Gasteiger charge is 2.37. The summed E-state index contributed by atoms with van der Waals surface area (Å²) in [5.41, 5.74) is -0.856. The van der Waals surface area contributed by atoms with Crippen LogP contribution in [0.1, 0.15) is 57.6 Å². The van der Waals surface area contributed by atoms with Crippen molar-refractivity contribution in [1.82, 2.24) is 50.3 Å². The summed E-state index contributed by atoms with van der Waals surface area (Å²) in [7, 11) is 17.2. The number of nitrogens with one attached hydrogen (secondary N) is 1. The molecule has 3 aromatic heterocycles. The van der Waals surface area contributed by atoms with Crippen LogP contribution in [-0.4, -0.2) is 103 Å². The van der Waals surface area contributed by atoms with Crippen LogP contribution in [-0.2, 0) is 48.1 Å². The van der Waals surface area contributed by atoms with E-state index in [1.54, 1.807) is 46.5 Å². The van der Waals surface area contributed by atoms with Gasteiger partial charge in [-0.3, -0.25) is 4.79 Å². The number of hydrogen-bond acceptors (Lipinski definition) is 9. The third kappa shape index (κ3) is 9.61. The molecule has 0 aliphatic rings. The average Bonchev–Trinajstić information content (AvgIpc) is 3.58. The lowest BCUT2D eigenvalue weighted by molar-refractivity contribution is -0.130. The topological polar surface area (TPSA) is 151 Å². The van der Waals surface area contributed by atoms with Crippen LogP contribution in [0.15, 0.2) is 18.6 Å². The molecule has 0 spiro atoms. The molecular formula is C23H35B3N10O3. The van der Waals surface area contributed by atoms with E-state index in [0.29, 0.717) is 30.1 Å². The van der Waals surface area contributed by atoms with E-state index in [0.717, 1.165) is 0 Å². The summed E-state index contributed by atoms with van der Waals surface area (Å²) >= 11 is 0. The van der Waals surface area contributed by atoms with Crippen LogP contribution < -0.4 is 5.32 Å². The molecule has 0 saturated carbocycles. The Balaban J connectivity index is 1.91.